The molecular weight excluding hydrogens is 190 g/mol. The van der Waals surface area contributed by atoms with Gasteiger partial charge in [0.05, 0.1) is 0 Å². The Balaban J connectivity index is 2.38. The van der Waals surface area contributed by atoms with Gasteiger partial charge in [-0.05, 0) is 19.3 Å². The SMILES string of the molecule is CCCCCC(=O)N1CCCCCC1=O. The molecule has 1 heterocycles. The zero-order valence-corrected chi connectivity index (χ0v) is 9.63. The summed E-state index contributed by atoms with van der Waals surface area (Å²) < 4.78 is 0. The molecule has 0 N–H and O–H groups in total. The third kappa shape index (κ3) is 4.02. The normalized spacial score (nSPS) is 17.7. The number of likely N-dealkylation sites (tertiary alicyclic amines) is 1. The van der Waals surface area contributed by atoms with Crippen molar-refractivity contribution in [1.29, 1.82) is 0 Å². The van der Waals surface area contributed by atoms with Crippen molar-refractivity contribution in [3.8, 4) is 0 Å². The zero-order chi connectivity index (χ0) is 11.1. The second-order valence-corrected chi connectivity index (χ2v) is 4.21. The first-order valence-electron chi connectivity index (χ1n) is 6.09. The minimum absolute atomic E-state index is 0.0361. The number of hydrogen-bond acceptors (Lipinski definition) is 2. The highest BCUT2D eigenvalue weighted by Gasteiger charge is 2.21. The highest BCUT2D eigenvalue weighted by Crippen LogP contribution is 2.13. The largest absolute Gasteiger partial charge is 0.283 e. The summed E-state index contributed by atoms with van der Waals surface area (Å²) in [6.07, 6.45) is 7.19. The molecule has 0 aromatic heterocycles. The molecule has 1 rings (SSSR count). The Bertz CT molecular complexity index is 226. The number of imide groups is 1. The van der Waals surface area contributed by atoms with E-state index in [1.54, 1.807) is 0 Å². The van der Waals surface area contributed by atoms with Crippen LogP contribution in [0.5, 0.6) is 0 Å². The summed E-state index contributed by atoms with van der Waals surface area (Å²) >= 11 is 0. The Hall–Kier alpha value is -0.860. The molecule has 0 atom stereocenters. The van der Waals surface area contributed by atoms with Crippen molar-refractivity contribution in [3.63, 3.8) is 0 Å². The molecule has 1 saturated heterocycles. The predicted octanol–water partition coefficient (Wildman–Crippen LogP) is 2.50. The van der Waals surface area contributed by atoms with Crippen LogP contribution in [0.25, 0.3) is 0 Å². The lowest BCUT2D eigenvalue weighted by Crippen LogP contribution is -2.36. The van der Waals surface area contributed by atoms with Crippen LogP contribution in [0.15, 0.2) is 0 Å². The van der Waals surface area contributed by atoms with Gasteiger partial charge in [0.25, 0.3) is 0 Å². The van der Waals surface area contributed by atoms with Crippen LogP contribution in [0.1, 0.15) is 58.3 Å². The highest BCUT2D eigenvalue weighted by atomic mass is 16.2. The lowest BCUT2D eigenvalue weighted by Gasteiger charge is -2.18. The smallest absolute Gasteiger partial charge is 0.229 e. The van der Waals surface area contributed by atoms with Crippen molar-refractivity contribution in [1.82, 2.24) is 4.90 Å². The Morgan fingerprint density at radius 1 is 1.27 bits per heavy atom. The molecule has 0 unspecified atom stereocenters. The molecule has 1 aliphatic rings. The lowest BCUT2D eigenvalue weighted by atomic mass is 10.2. The van der Waals surface area contributed by atoms with Crippen molar-refractivity contribution < 1.29 is 9.59 Å². The standard InChI is InChI=1S/C12H21NO2/c1-2-3-5-8-11(14)13-10-7-4-6-9-12(13)15/h2-10H2,1H3. The molecule has 3 heteroatoms. The Morgan fingerprint density at radius 2 is 2.07 bits per heavy atom. The van der Waals surface area contributed by atoms with E-state index in [1.165, 1.54) is 4.90 Å². The Morgan fingerprint density at radius 3 is 2.80 bits per heavy atom. The molecule has 0 saturated carbocycles. The second kappa shape index (κ2) is 6.59. The number of rotatable bonds is 4. The molecule has 2 amide bonds. The van der Waals surface area contributed by atoms with Crippen LogP contribution in [0.2, 0.25) is 0 Å². The van der Waals surface area contributed by atoms with Crippen LogP contribution in [0.4, 0.5) is 0 Å². The van der Waals surface area contributed by atoms with Crippen LogP contribution in [0.3, 0.4) is 0 Å². The Kier molecular flexibility index (Phi) is 5.37. The number of nitrogens with zero attached hydrogens (tertiary/aromatic N) is 1. The van der Waals surface area contributed by atoms with E-state index in [1.807, 2.05) is 0 Å². The maximum atomic E-state index is 11.7. The second-order valence-electron chi connectivity index (χ2n) is 4.21. The number of unbranched alkanes of at least 4 members (excludes halogenated alkanes) is 2. The van der Waals surface area contributed by atoms with Crippen LogP contribution >= 0.6 is 0 Å². The molecule has 3 nitrogen and oxygen atoms in total. The third-order valence-electron chi connectivity index (χ3n) is 2.87. The first-order valence-corrected chi connectivity index (χ1v) is 6.09. The van der Waals surface area contributed by atoms with Crippen LogP contribution in [-0.2, 0) is 9.59 Å². The molecule has 0 aromatic carbocycles. The number of amides is 2. The van der Waals surface area contributed by atoms with E-state index >= 15 is 0 Å². The molecule has 0 spiro atoms. The average molecular weight is 211 g/mol. The topological polar surface area (TPSA) is 37.4 Å². The van der Waals surface area contributed by atoms with Crippen molar-refractivity contribution >= 4 is 11.8 Å². The number of carbonyl (C=O) groups is 2. The minimum atomic E-state index is 0.0361. The molecule has 0 bridgehead atoms. The summed E-state index contributed by atoms with van der Waals surface area (Å²) in [5, 5.41) is 0. The third-order valence-corrected chi connectivity index (χ3v) is 2.87. The van der Waals surface area contributed by atoms with E-state index in [0.717, 1.165) is 38.5 Å². The summed E-state index contributed by atoms with van der Waals surface area (Å²) in [6.45, 7) is 2.76. The van der Waals surface area contributed by atoms with Gasteiger partial charge in [-0.25, -0.2) is 0 Å². The summed E-state index contributed by atoms with van der Waals surface area (Å²) in [7, 11) is 0. The van der Waals surface area contributed by atoms with E-state index in [9.17, 15) is 9.59 Å². The van der Waals surface area contributed by atoms with Crippen LogP contribution < -0.4 is 0 Å². The molecule has 1 aliphatic heterocycles. The number of hydrogen-bond donors (Lipinski definition) is 0. The highest BCUT2D eigenvalue weighted by molar-refractivity contribution is 5.95. The summed E-state index contributed by atoms with van der Waals surface area (Å²) in [5.41, 5.74) is 0. The van der Waals surface area contributed by atoms with Gasteiger partial charge in [0.1, 0.15) is 0 Å². The van der Waals surface area contributed by atoms with Crippen molar-refractivity contribution in [2.75, 3.05) is 6.54 Å². The van der Waals surface area contributed by atoms with Gasteiger partial charge in [-0.3, -0.25) is 14.5 Å². The fourth-order valence-electron chi connectivity index (χ4n) is 1.91. The van der Waals surface area contributed by atoms with Gasteiger partial charge in [-0.15, -0.1) is 0 Å². The first-order chi connectivity index (χ1) is 7.25. The van der Waals surface area contributed by atoms with Gasteiger partial charge >= 0.3 is 0 Å². The predicted molar refractivity (Wildman–Crippen MR) is 59.3 cm³/mol. The average Bonchev–Trinajstić information content (AvgIpc) is 2.43. The Labute approximate surface area is 91.8 Å². The van der Waals surface area contributed by atoms with Gasteiger partial charge in [0.15, 0.2) is 0 Å². The first kappa shape index (κ1) is 12.2. The maximum absolute atomic E-state index is 11.7. The lowest BCUT2D eigenvalue weighted by molar-refractivity contribution is -0.144. The molecule has 0 aliphatic carbocycles. The molecule has 15 heavy (non-hydrogen) atoms. The van der Waals surface area contributed by atoms with Gasteiger partial charge in [0, 0.05) is 19.4 Å². The molecular formula is C12H21NO2. The molecule has 1 fully saturated rings. The van der Waals surface area contributed by atoms with E-state index in [2.05, 4.69) is 6.92 Å². The quantitative estimate of drug-likeness (QED) is 0.670. The molecule has 0 radical (unpaired) electrons. The summed E-state index contributed by atoms with van der Waals surface area (Å²) in [4.78, 5) is 24.8. The maximum Gasteiger partial charge on any atom is 0.229 e. The van der Waals surface area contributed by atoms with Crippen molar-refractivity contribution in [2.45, 2.75) is 58.3 Å². The molecule has 86 valence electrons. The van der Waals surface area contributed by atoms with Gasteiger partial charge in [0.2, 0.25) is 11.8 Å². The minimum Gasteiger partial charge on any atom is -0.283 e. The number of carbonyl (C=O) groups excluding carboxylic acids is 2. The molecule has 0 aromatic rings. The van der Waals surface area contributed by atoms with E-state index in [0.29, 0.717) is 19.4 Å². The summed E-state index contributed by atoms with van der Waals surface area (Å²) in [5.74, 6) is 0.0735. The van der Waals surface area contributed by atoms with E-state index < -0.39 is 0 Å². The van der Waals surface area contributed by atoms with Gasteiger partial charge < -0.3 is 0 Å². The van der Waals surface area contributed by atoms with E-state index in [-0.39, 0.29) is 11.8 Å². The van der Waals surface area contributed by atoms with Crippen molar-refractivity contribution in [3.05, 3.63) is 0 Å². The monoisotopic (exact) mass is 211 g/mol. The fourth-order valence-corrected chi connectivity index (χ4v) is 1.91. The van der Waals surface area contributed by atoms with Gasteiger partial charge in [-0.1, -0.05) is 26.2 Å². The van der Waals surface area contributed by atoms with E-state index in [4.69, 9.17) is 0 Å². The van der Waals surface area contributed by atoms with Crippen LogP contribution in [-0.4, -0.2) is 23.3 Å². The zero-order valence-electron chi connectivity index (χ0n) is 9.63. The van der Waals surface area contributed by atoms with Crippen LogP contribution in [0, 0.1) is 0 Å². The summed E-state index contributed by atoms with van der Waals surface area (Å²) in [6, 6.07) is 0. The van der Waals surface area contributed by atoms with Crippen molar-refractivity contribution in [2.24, 2.45) is 0 Å². The van der Waals surface area contributed by atoms with Gasteiger partial charge in [-0.2, -0.15) is 0 Å². The fraction of sp³-hybridized carbons (Fsp3) is 0.833.